The maximum atomic E-state index is 11.9. The van der Waals surface area contributed by atoms with Crippen LogP contribution in [0.3, 0.4) is 0 Å². The van der Waals surface area contributed by atoms with Crippen LogP contribution in [0.25, 0.3) is 0 Å². The predicted molar refractivity (Wildman–Crippen MR) is 136 cm³/mol. The number of hydrogen-bond acceptors (Lipinski definition) is 5. The van der Waals surface area contributed by atoms with Gasteiger partial charge in [-0.2, -0.15) is 0 Å². The number of aliphatic hydroxyl groups excluding tert-OH is 1. The number of thioether (sulfide) groups is 1. The summed E-state index contributed by atoms with van der Waals surface area (Å²) in [4.78, 5) is 22.4. The second-order valence-corrected chi connectivity index (χ2v) is 8.84. The maximum absolute atomic E-state index is 11.9. The Morgan fingerprint density at radius 2 is 1.72 bits per heavy atom. The number of carbonyl (C=O) groups excluding carboxylic acids is 1. The molecule has 182 valence electrons. The normalized spacial score (nSPS) is 15.1. The fraction of sp³-hybridized carbons (Fsp3) is 0.600. The zero-order valence-corrected chi connectivity index (χ0v) is 20.4. The molecule has 0 unspecified atom stereocenters. The minimum Gasteiger partial charge on any atom is -0.480 e. The Balaban J connectivity index is 4.56. The van der Waals surface area contributed by atoms with E-state index in [9.17, 15) is 14.7 Å². The van der Waals surface area contributed by atoms with E-state index in [2.05, 4.69) is 37.4 Å². The van der Waals surface area contributed by atoms with Crippen molar-refractivity contribution in [3.63, 3.8) is 0 Å². The van der Waals surface area contributed by atoms with Crippen molar-refractivity contribution in [3.05, 3.63) is 48.6 Å². The zero-order chi connectivity index (χ0) is 24.0. The molecule has 5 N–H and O–H groups in total. The van der Waals surface area contributed by atoms with Gasteiger partial charge >= 0.3 is 5.97 Å². The number of carboxylic acid groups (broad SMARTS) is 1. The van der Waals surface area contributed by atoms with E-state index >= 15 is 0 Å². The molecule has 1 amide bonds. The van der Waals surface area contributed by atoms with Crippen molar-refractivity contribution in [2.75, 3.05) is 12.3 Å². The van der Waals surface area contributed by atoms with Gasteiger partial charge in [0.25, 0.3) is 0 Å². The Labute approximate surface area is 198 Å². The SMILES string of the molecule is CCCCCC=CCC=CC=CC=C[C@H](SC[C@H](N)C(=O)NCC(=O)O)[C@H](O)CCCC. The summed E-state index contributed by atoms with van der Waals surface area (Å²) in [6, 6.07) is -0.831. The van der Waals surface area contributed by atoms with Crippen molar-refractivity contribution in [2.24, 2.45) is 5.73 Å². The van der Waals surface area contributed by atoms with Crippen LogP contribution in [-0.2, 0) is 9.59 Å². The molecule has 7 heteroatoms. The van der Waals surface area contributed by atoms with E-state index in [1.807, 2.05) is 30.4 Å². The molecule has 0 rings (SSSR count). The molecule has 0 spiro atoms. The lowest BCUT2D eigenvalue weighted by molar-refractivity contribution is -0.138. The highest BCUT2D eigenvalue weighted by atomic mass is 32.2. The average molecular weight is 467 g/mol. The Morgan fingerprint density at radius 1 is 1.00 bits per heavy atom. The molecule has 0 aliphatic carbocycles. The van der Waals surface area contributed by atoms with Crippen molar-refractivity contribution in [2.45, 2.75) is 82.6 Å². The molecule has 0 fully saturated rings. The third kappa shape index (κ3) is 17.8. The molecule has 0 aliphatic rings. The lowest BCUT2D eigenvalue weighted by atomic mass is 10.1. The van der Waals surface area contributed by atoms with E-state index in [0.29, 0.717) is 6.42 Å². The molecule has 0 bridgehead atoms. The van der Waals surface area contributed by atoms with Crippen molar-refractivity contribution in [3.8, 4) is 0 Å². The van der Waals surface area contributed by atoms with Gasteiger partial charge in [-0.3, -0.25) is 9.59 Å². The van der Waals surface area contributed by atoms with Crippen molar-refractivity contribution < 1.29 is 19.8 Å². The number of amides is 1. The van der Waals surface area contributed by atoms with E-state index < -0.39 is 30.6 Å². The van der Waals surface area contributed by atoms with Crippen LogP contribution in [0.2, 0.25) is 0 Å². The minimum atomic E-state index is -1.11. The molecule has 0 saturated carbocycles. The summed E-state index contributed by atoms with van der Waals surface area (Å²) in [5.41, 5.74) is 5.86. The molecule has 0 aromatic carbocycles. The van der Waals surface area contributed by atoms with Gasteiger partial charge in [0.2, 0.25) is 5.91 Å². The number of nitrogens with one attached hydrogen (secondary N) is 1. The third-order valence-corrected chi connectivity index (χ3v) is 6.04. The fourth-order valence-corrected chi connectivity index (χ4v) is 3.86. The molecule has 0 aromatic heterocycles. The molecule has 0 saturated heterocycles. The van der Waals surface area contributed by atoms with Gasteiger partial charge in [-0.15, -0.1) is 11.8 Å². The van der Waals surface area contributed by atoms with Gasteiger partial charge in [-0.25, -0.2) is 0 Å². The standard InChI is InChI=1S/C25H42N2O4S/c1-3-5-7-8-9-10-11-12-13-14-15-16-18-23(22(28)17-6-4-2)32-20-21(26)25(31)27-19-24(29)30/h9-10,12-16,18,21-23,28H,3-8,11,17,19-20,26H2,1-2H3,(H,27,31)(H,29,30)/t21-,22+,23-/m0/s1. The number of aliphatic carboxylic acids is 1. The highest BCUT2D eigenvalue weighted by Gasteiger charge is 2.20. The van der Waals surface area contributed by atoms with Crippen LogP contribution in [0.4, 0.5) is 0 Å². The molecule has 0 aliphatic heterocycles. The van der Waals surface area contributed by atoms with Crippen LogP contribution in [0.1, 0.15) is 65.2 Å². The van der Waals surface area contributed by atoms with E-state index in [4.69, 9.17) is 10.8 Å². The molecule has 32 heavy (non-hydrogen) atoms. The van der Waals surface area contributed by atoms with Crippen LogP contribution in [-0.4, -0.2) is 51.8 Å². The van der Waals surface area contributed by atoms with E-state index in [1.165, 1.54) is 31.0 Å². The number of rotatable bonds is 19. The molecule has 6 nitrogen and oxygen atoms in total. The summed E-state index contributed by atoms with van der Waals surface area (Å²) in [5.74, 6) is -1.33. The predicted octanol–water partition coefficient (Wildman–Crippen LogP) is 4.36. The van der Waals surface area contributed by atoms with Crippen molar-refractivity contribution in [1.29, 1.82) is 0 Å². The van der Waals surface area contributed by atoms with Crippen molar-refractivity contribution in [1.82, 2.24) is 5.32 Å². The summed E-state index contributed by atoms with van der Waals surface area (Å²) < 4.78 is 0. The first-order valence-corrected chi connectivity index (χ1v) is 12.7. The van der Waals surface area contributed by atoms with Gasteiger partial charge in [0.15, 0.2) is 0 Å². The fourth-order valence-electron chi connectivity index (χ4n) is 2.72. The Kier molecular flexibility index (Phi) is 19.8. The smallest absolute Gasteiger partial charge is 0.322 e. The molecule has 0 heterocycles. The van der Waals surface area contributed by atoms with Gasteiger partial charge in [-0.05, 0) is 25.7 Å². The summed E-state index contributed by atoms with van der Waals surface area (Å²) in [6.45, 7) is 3.83. The number of carboxylic acids is 1. The quantitative estimate of drug-likeness (QED) is 0.128. The Hall–Kier alpha value is -1.83. The van der Waals surface area contributed by atoms with Gasteiger partial charge in [-0.1, -0.05) is 88.1 Å². The third-order valence-electron chi connectivity index (χ3n) is 4.63. The summed E-state index contributed by atoms with van der Waals surface area (Å²) >= 11 is 1.40. The molecular formula is C25H42N2O4S. The molecule has 0 radical (unpaired) electrons. The first kappa shape index (κ1) is 30.2. The van der Waals surface area contributed by atoms with Crippen LogP contribution < -0.4 is 11.1 Å². The van der Waals surface area contributed by atoms with Gasteiger partial charge in [0, 0.05) is 11.0 Å². The lowest BCUT2D eigenvalue weighted by Gasteiger charge is -2.21. The van der Waals surface area contributed by atoms with E-state index in [-0.39, 0.29) is 11.0 Å². The van der Waals surface area contributed by atoms with Crippen LogP contribution in [0.5, 0.6) is 0 Å². The lowest BCUT2D eigenvalue weighted by Crippen LogP contribution is -2.44. The minimum absolute atomic E-state index is 0.195. The number of nitrogens with two attached hydrogens (primary N) is 1. The highest BCUT2D eigenvalue weighted by Crippen LogP contribution is 2.21. The number of allylic oxidation sites excluding steroid dienone is 7. The maximum Gasteiger partial charge on any atom is 0.322 e. The van der Waals surface area contributed by atoms with Crippen molar-refractivity contribution >= 4 is 23.6 Å². The van der Waals surface area contributed by atoms with Gasteiger partial charge in [0.05, 0.1) is 12.1 Å². The Morgan fingerprint density at radius 3 is 2.41 bits per heavy atom. The highest BCUT2D eigenvalue weighted by molar-refractivity contribution is 8.00. The number of hydrogen-bond donors (Lipinski definition) is 4. The second kappa shape index (κ2) is 21.0. The van der Waals surface area contributed by atoms with Crippen LogP contribution in [0.15, 0.2) is 48.6 Å². The Bertz CT molecular complexity index is 617. The van der Waals surface area contributed by atoms with Gasteiger partial charge in [0.1, 0.15) is 6.54 Å². The van der Waals surface area contributed by atoms with Crippen LogP contribution in [0, 0.1) is 0 Å². The number of unbranched alkanes of at least 4 members (excludes halogenated alkanes) is 4. The monoisotopic (exact) mass is 466 g/mol. The topological polar surface area (TPSA) is 113 Å². The summed E-state index contributed by atoms with van der Waals surface area (Å²) in [5, 5.41) is 21.2. The second-order valence-electron chi connectivity index (χ2n) is 7.63. The largest absolute Gasteiger partial charge is 0.480 e. The molecular weight excluding hydrogens is 424 g/mol. The van der Waals surface area contributed by atoms with Gasteiger partial charge < -0.3 is 21.3 Å². The number of carbonyl (C=O) groups is 2. The summed E-state index contributed by atoms with van der Waals surface area (Å²) in [7, 11) is 0. The molecule has 3 atom stereocenters. The van der Waals surface area contributed by atoms with E-state index in [1.54, 1.807) is 0 Å². The van der Waals surface area contributed by atoms with Crippen LogP contribution >= 0.6 is 11.8 Å². The average Bonchev–Trinajstić information content (AvgIpc) is 2.78. The summed E-state index contributed by atoms with van der Waals surface area (Å²) in [6.07, 6.45) is 24.1. The first-order chi connectivity index (χ1) is 15.4. The van der Waals surface area contributed by atoms with E-state index in [0.717, 1.165) is 25.7 Å². The zero-order valence-electron chi connectivity index (χ0n) is 19.6. The first-order valence-electron chi connectivity index (χ1n) is 11.6. The molecule has 0 aromatic rings. The number of aliphatic hydroxyl groups is 1.